The van der Waals surface area contributed by atoms with Crippen molar-refractivity contribution in [3.8, 4) is 10.8 Å². The van der Waals surface area contributed by atoms with Crippen LogP contribution in [0.2, 0.25) is 0 Å². The molecule has 0 aliphatic heterocycles. The molecule has 0 bridgehead atoms. The summed E-state index contributed by atoms with van der Waals surface area (Å²) in [4.78, 5) is 5.70. The van der Waals surface area contributed by atoms with Gasteiger partial charge in [0, 0.05) is 5.75 Å². The summed E-state index contributed by atoms with van der Waals surface area (Å²) in [7, 11) is 0. The highest BCUT2D eigenvalue weighted by Gasteiger charge is 2.15. The SMILES string of the molecule is Cc1oc(-c2cccs2)nc1CSc1nnc(C)n1Cc1ccccc1. The lowest BCUT2D eigenvalue weighted by molar-refractivity contribution is 0.542. The van der Waals surface area contributed by atoms with Crippen molar-refractivity contribution in [2.24, 2.45) is 0 Å². The first-order valence-electron chi connectivity index (χ1n) is 8.27. The largest absolute Gasteiger partial charge is 0.440 e. The summed E-state index contributed by atoms with van der Waals surface area (Å²) in [5, 5.41) is 11.5. The maximum atomic E-state index is 5.82. The van der Waals surface area contributed by atoms with Gasteiger partial charge in [0.05, 0.1) is 17.1 Å². The molecule has 26 heavy (non-hydrogen) atoms. The Morgan fingerprint density at radius 3 is 2.69 bits per heavy atom. The van der Waals surface area contributed by atoms with Crippen LogP contribution in [0.3, 0.4) is 0 Å². The van der Waals surface area contributed by atoms with Crippen molar-refractivity contribution in [1.82, 2.24) is 19.7 Å². The summed E-state index contributed by atoms with van der Waals surface area (Å²) >= 11 is 3.27. The monoisotopic (exact) mass is 382 g/mol. The van der Waals surface area contributed by atoms with Gasteiger partial charge in [-0.2, -0.15) is 0 Å². The van der Waals surface area contributed by atoms with Crippen molar-refractivity contribution < 1.29 is 4.42 Å². The van der Waals surface area contributed by atoms with Crippen LogP contribution in [-0.2, 0) is 12.3 Å². The smallest absolute Gasteiger partial charge is 0.236 e. The van der Waals surface area contributed by atoms with Crippen molar-refractivity contribution in [3.05, 3.63) is 70.7 Å². The Hall–Kier alpha value is -2.38. The molecular weight excluding hydrogens is 364 g/mol. The van der Waals surface area contributed by atoms with Crippen LogP contribution in [0.25, 0.3) is 10.8 Å². The molecule has 3 aromatic heterocycles. The first-order chi connectivity index (χ1) is 12.7. The fraction of sp³-hybridized carbons (Fsp3) is 0.211. The number of benzene rings is 1. The minimum absolute atomic E-state index is 0.690. The number of thiophene rings is 1. The molecule has 0 aliphatic rings. The molecule has 0 N–H and O–H groups in total. The molecule has 7 heteroatoms. The first kappa shape index (κ1) is 17.1. The van der Waals surface area contributed by atoms with E-state index in [1.807, 2.05) is 49.6 Å². The molecule has 0 amide bonds. The molecule has 0 aliphatic carbocycles. The van der Waals surface area contributed by atoms with Gasteiger partial charge in [0.15, 0.2) is 5.16 Å². The van der Waals surface area contributed by atoms with Gasteiger partial charge < -0.3 is 8.98 Å². The molecule has 0 radical (unpaired) electrons. The van der Waals surface area contributed by atoms with E-state index < -0.39 is 0 Å². The Morgan fingerprint density at radius 1 is 1.08 bits per heavy atom. The van der Waals surface area contributed by atoms with Gasteiger partial charge in [0.2, 0.25) is 5.89 Å². The molecule has 0 atom stereocenters. The number of oxazole rings is 1. The fourth-order valence-electron chi connectivity index (χ4n) is 2.62. The van der Waals surface area contributed by atoms with E-state index in [1.165, 1.54) is 5.56 Å². The number of aryl methyl sites for hydroxylation is 2. The topological polar surface area (TPSA) is 56.7 Å². The second-order valence-corrected chi connectivity index (χ2v) is 7.78. The highest BCUT2D eigenvalue weighted by Crippen LogP contribution is 2.29. The minimum atomic E-state index is 0.690. The van der Waals surface area contributed by atoms with Crippen molar-refractivity contribution in [3.63, 3.8) is 0 Å². The Balaban J connectivity index is 1.51. The van der Waals surface area contributed by atoms with Gasteiger partial charge >= 0.3 is 0 Å². The normalized spacial score (nSPS) is 11.2. The Labute approximate surface area is 160 Å². The molecule has 4 rings (SSSR count). The Kier molecular flexibility index (Phi) is 4.90. The molecule has 1 aromatic carbocycles. The Bertz CT molecular complexity index is 990. The number of aromatic nitrogens is 4. The van der Waals surface area contributed by atoms with E-state index in [2.05, 4.69) is 31.9 Å². The van der Waals surface area contributed by atoms with Gasteiger partial charge in [0.25, 0.3) is 0 Å². The van der Waals surface area contributed by atoms with E-state index in [-0.39, 0.29) is 0 Å². The van der Waals surface area contributed by atoms with Gasteiger partial charge in [-0.3, -0.25) is 0 Å². The second kappa shape index (κ2) is 7.47. The van der Waals surface area contributed by atoms with Crippen LogP contribution in [0.15, 0.2) is 57.4 Å². The zero-order valence-electron chi connectivity index (χ0n) is 14.5. The van der Waals surface area contributed by atoms with Crippen LogP contribution in [-0.4, -0.2) is 19.7 Å². The van der Waals surface area contributed by atoms with Crippen LogP contribution < -0.4 is 0 Å². The third-order valence-corrected chi connectivity index (χ3v) is 5.88. The van der Waals surface area contributed by atoms with Crippen molar-refractivity contribution in [2.45, 2.75) is 31.3 Å². The average Bonchev–Trinajstić information content (AvgIpc) is 3.37. The van der Waals surface area contributed by atoms with E-state index in [4.69, 9.17) is 4.42 Å². The molecule has 3 heterocycles. The lowest BCUT2D eigenvalue weighted by Gasteiger charge is -2.08. The van der Waals surface area contributed by atoms with Gasteiger partial charge in [-0.05, 0) is 30.9 Å². The van der Waals surface area contributed by atoms with Crippen LogP contribution in [0.5, 0.6) is 0 Å². The van der Waals surface area contributed by atoms with E-state index in [0.29, 0.717) is 11.6 Å². The number of thioether (sulfide) groups is 1. The quantitative estimate of drug-likeness (QED) is 0.442. The maximum Gasteiger partial charge on any atom is 0.236 e. The number of hydrogen-bond donors (Lipinski definition) is 0. The third kappa shape index (κ3) is 3.59. The highest BCUT2D eigenvalue weighted by molar-refractivity contribution is 7.98. The summed E-state index contributed by atoms with van der Waals surface area (Å²) in [6.45, 7) is 4.70. The molecule has 132 valence electrons. The van der Waals surface area contributed by atoms with Gasteiger partial charge in [0.1, 0.15) is 11.6 Å². The van der Waals surface area contributed by atoms with Crippen molar-refractivity contribution >= 4 is 23.1 Å². The lowest BCUT2D eigenvalue weighted by Crippen LogP contribution is -2.04. The van der Waals surface area contributed by atoms with E-state index in [9.17, 15) is 0 Å². The summed E-state index contributed by atoms with van der Waals surface area (Å²) in [5.41, 5.74) is 2.18. The maximum absolute atomic E-state index is 5.82. The molecule has 0 unspecified atom stereocenters. The van der Waals surface area contributed by atoms with Gasteiger partial charge in [-0.15, -0.1) is 21.5 Å². The first-order valence-corrected chi connectivity index (χ1v) is 10.1. The van der Waals surface area contributed by atoms with Gasteiger partial charge in [-0.25, -0.2) is 4.98 Å². The standard InChI is InChI=1S/C19H18N4OS2/c1-13-16(20-18(24-13)17-9-6-10-25-17)12-26-19-22-21-14(2)23(19)11-15-7-4-3-5-8-15/h3-10H,11-12H2,1-2H3. The van der Waals surface area contributed by atoms with Crippen molar-refractivity contribution in [1.29, 1.82) is 0 Å². The summed E-state index contributed by atoms with van der Waals surface area (Å²) < 4.78 is 7.96. The van der Waals surface area contributed by atoms with E-state index in [0.717, 1.165) is 33.9 Å². The number of nitrogens with zero attached hydrogens (tertiary/aromatic N) is 4. The zero-order valence-corrected chi connectivity index (χ0v) is 16.2. The van der Waals surface area contributed by atoms with Gasteiger partial charge in [-0.1, -0.05) is 48.2 Å². The molecule has 0 saturated heterocycles. The zero-order chi connectivity index (χ0) is 17.9. The van der Waals surface area contributed by atoms with Crippen LogP contribution in [0.1, 0.15) is 22.8 Å². The Morgan fingerprint density at radius 2 is 1.92 bits per heavy atom. The molecular formula is C19H18N4OS2. The van der Waals surface area contributed by atoms with Crippen LogP contribution in [0.4, 0.5) is 0 Å². The highest BCUT2D eigenvalue weighted by atomic mass is 32.2. The average molecular weight is 383 g/mol. The second-order valence-electron chi connectivity index (χ2n) is 5.89. The van der Waals surface area contributed by atoms with Crippen LogP contribution in [0, 0.1) is 13.8 Å². The summed E-state index contributed by atoms with van der Waals surface area (Å²) in [6.07, 6.45) is 0. The van der Waals surface area contributed by atoms with Crippen molar-refractivity contribution in [2.75, 3.05) is 0 Å². The summed E-state index contributed by atoms with van der Waals surface area (Å²) in [5.74, 6) is 3.16. The fourth-order valence-corrected chi connectivity index (χ4v) is 4.25. The minimum Gasteiger partial charge on any atom is -0.440 e. The molecule has 5 nitrogen and oxygen atoms in total. The summed E-state index contributed by atoms with van der Waals surface area (Å²) in [6, 6.07) is 14.4. The number of rotatable bonds is 6. The van der Waals surface area contributed by atoms with Crippen LogP contribution >= 0.6 is 23.1 Å². The van der Waals surface area contributed by atoms with E-state index >= 15 is 0 Å². The lowest BCUT2D eigenvalue weighted by atomic mass is 10.2. The molecule has 0 fully saturated rings. The third-order valence-electron chi connectivity index (χ3n) is 4.05. The molecule has 4 aromatic rings. The van der Waals surface area contributed by atoms with E-state index in [1.54, 1.807) is 23.1 Å². The predicted molar refractivity (Wildman–Crippen MR) is 104 cm³/mol. The predicted octanol–water partition coefficient (Wildman–Crippen LogP) is 4.95. The molecule has 0 spiro atoms. The molecule has 0 saturated carbocycles. The number of hydrogen-bond acceptors (Lipinski definition) is 6.